The summed E-state index contributed by atoms with van der Waals surface area (Å²) in [5.41, 5.74) is 0. The number of hydrogen-bond acceptors (Lipinski definition) is 6. The standard InChI is InChI=1S/C76H148O6/c1-4-7-10-13-16-19-22-25-27-29-31-33-35-36-37-38-39-40-42-43-45-47-49-51-54-57-60-63-66-69-75(78)81-72-73(71-80-74(77)68-65-62-59-56-53-24-21-18-15-12-9-6-3)82-76(79)70-67-64-61-58-55-52-50-48-46-44-41-34-32-30-28-26-23-20-17-14-11-8-5-2/h73H,4-72H2,1-3H3. The van der Waals surface area contributed by atoms with E-state index in [2.05, 4.69) is 20.8 Å². The highest BCUT2D eigenvalue weighted by Gasteiger charge is 2.20. The summed E-state index contributed by atoms with van der Waals surface area (Å²) in [5.74, 6) is -0.818. The number of ether oxygens (including phenoxy) is 3. The van der Waals surface area contributed by atoms with Gasteiger partial charge in [0.1, 0.15) is 13.2 Å². The van der Waals surface area contributed by atoms with Crippen LogP contribution in [0.1, 0.15) is 451 Å². The van der Waals surface area contributed by atoms with E-state index in [1.54, 1.807) is 0 Å². The van der Waals surface area contributed by atoms with Crippen LogP contribution in [0.3, 0.4) is 0 Å². The first-order valence-electron chi connectivity index (χ1n) is 38.0. The Morgan fingerprint density at radius 3 is 0.488 bits per heavy atom. The molecule has 0 saturated heterocycles. The number of carbonyl (C=O) groups excluding carboxylic acids is 3. The molecule has 0 amide bonds. The van der Waals surface area contributed by atoms with Gasteiger partial charge >= 0.3 is 17.9 Å². The molecule has 0 aliphatic rings. The average molecular weight is 1160 g/mol. The third-order valence-corrected chi connectivity index (χ3v) is 17.9. The second-order valence-corrected chi connectivity index (χ2v) is 26.3. The lowest BCUT2D eigenvalue weighted by Gasteiger charge is -2.18. The Hall–Kier alpha value is -1.59. The van der Waals surface area contributed by atoms with E-state index >= 15 is 0 Å². The van der Waals surface area contributed by atoms with Crippen molar-refractivity contribution in [1.82, 2.24) is 0 Å². The van der Waals surface area contributed by atoms with Crippen LogP contribution in [0.5, 0.6) is 0 Å². The van der Waals surface area contributed by atoms with Gasteiger partial charge in [-0.25, -0.2) is 0 Å². The number of rotatable bonds is 72. The smallest absolute Gasteiger partial charge is 0.306 e. The molecule has 488 valence electrons. The molecule has 6 nitrogen and oxygen atoms in total. The van der Waals surface area contributed by atoms with Crippen LogP contribution < -0.4 is 0 Å². The van der Waals surface area contributed by atoms with Gasteiger partial charge < -0.3 is 14.2 Å². The highest BCUT2D eigenvalue weighted by Crippen LogP contribution is 2.20. The average Bonchev–Trinajstić information content (AvgIpc) is 3.47. The van der Waals surface area contributed by atoms with E-state index in [1.807, 2.05) is 0 Å². The summed E-state index contributed by atoms with van der Waals surface area (Å²) < 4.78 is 17.0. The third-order valence-electron chi connectivity index (χ3n) is 17.9. The Morgan fingerprint density at radius 2 is 0.329 bits per heavy atom. The minimum absolute atomic E-state index is 0.0601. The van der Waals surface area contributed by atoms with E-state index in [4.69, 9.17) is 14.2 Å². The fourth-order valence-electron chi connectivity index (χ4n) is 12.2. The van der Waals surface area contributed by atoms with Gasteiger partial charge in [-0.3, -0.25) is 14.4 Å². The summed E-state index contributed by atoms with van der Waals surface area (Å²) in [6, 6.07) is 0. The zero-order valence-corrected chi connectivity index (χ0v) is 56.3. The van der Waals surface area contributed by atoms with Crippen molar-refractivity contribution in [1.29, 1.82) is 0 Å². The predicted octanol–water partition coefficient (Wildman–Crippen LogP) is 26.2. The van der Waals surface area contributed by atoms with Crippen molar-refractivity contribution in [2.24, 2.45) is 0 Å². The van der Waals surface area contributed by atoms with Crippen LogP contribution in [0.15, 0.2) is 0 Å². The van der Waals surface area contributed by atoms with Crippen molar-refractivity contribution >= 4 is 17.9 Å². The lowest BCUT2D eigenvalue weighted by atomic mass is 10.0. The van der Waals surface area contributed by atoms with Crippen LogP contribution >= 0.6 is 0 Å². The van der Waals surface area contributed by atoms with Crippen molar-refractivity contribution in [3.63, 3.8) is 0 Å². The van der Waals surface area contributed by atoms with Gasteiger partial charge in [-0.05, 0) is 19.3 Å². The van der Waals surface area contributed by atoms with E-state index < -0.39 is 6.10 Å². The highest BCUT2D eigenvalue weighted by molar-refractivity contribution is 5.71. The number of esters is 3. The maximum Gasteiger partial charge on any atom is 0.306 e. The van der Waals surface area contributed by atoms with Gasteiger partial charge in [0.25, 0.3) is 0 Å². The Labute approximate surface area is 514 Å². The van der Waals surface area contributed by atoms with Crippen LogP contribution in [0, 0.1) is 0 Å². The molecule has 0 saturated carbocycles. The number of carbonyl (C=O) groups is 3. The normalized spacial score (nSPS) is 11.9. The molecule has 0 radical (unpaired) electrons. The van der Waals surface area contributed by atoms with E-state index in [9.17, 15) is 14.4 Å². The first kappa shape index (κ1) is 80.4. The summed E-state index contributed by atoms with van der Waals surface area (Å²) in [6.07, 6.45) is 85.9. The Kier molecular flexibility index (Phi) is 70.5. The van der Waals surface area contributed by atoms with Crippen LogP contribution in [-0.2, 0) is 28.6 Å². The Morgan fingerprint density at radius 1 is 0.195 bits per heavy atom. The minimum atomic E-state index is -0.763. The molecule has 0 aromatic rings. The van der Waals surface area contributed by atoms with Crippen molar-refractivity contribution in [2.75, 3.05) is 13.2 Å². The molecule has 0 aliphatic carbocycles. The molecule has 1 atom stereocenters. The van der Waals surface area contributed by atoms with Crippen LogP contribution in [-0.4, -0.2) is 37.2 Å². The molecule has 0 bridgehead atoms. The van der Waals surface area contributed by atoms with E-state index in [0.29, 0.717) is 19.3 Å². The van der Waals surface area contributed by atoms with Crippen molar-refractivity contribution < 1.29 is 28.6 Å². The Bertz CT molecular complexity index is 1240. The second-order valence-electron chi connectivity index (χ2n) is 26.3. The van der Waals surface area contributed by atoms with Crippen molar-refractivity contribution in [3.8, 4) is 0 Å². The van der Waals surface area contributed by atoms with E-state index in [0.717, 1.165) is 57.8 Å². The van der Waals surface area contributed by atoms with Gasteiger partial charge in [-0.15, -0.1) is 0 Å². The summed E-state index contributed by atoms with van der Waals surface area (Å²) in [5, 5.41) is 0. The molecular formula is C76H148O6. The Balaban J connectivity index is 4.11. The van der Waals surface area contributed by atoms with Gasteiger partial charge in [0.05, 0.1) is 0 Å². The van der Waals surface area contributed by atoms with Crippen LogP contribution in [0.2, 0.25) is 0 Å². The fraction of sp³-hybridized carbons (Fsp3) is 0.961. The van der Waals surface area contributed by atoms with Gasteiger partial charge in [0, 0.05) is 19.3 Å². The maximum atomic E-state index is 13.0. The SMILES string of the molecule is CCCCCCCCCCCCCCCCCCCCCCCCCCCCCCCC(=O)OCC(COC(=O)CCCCCCCCCCCCCC)OC(=O)CCCCCCCCCCCCCCCCCCCCCCCCC. The number of unbranched alkanes of at least 4 members (excludes halogenated alkanes) is 61. The second kappa shape index (κ2) is 71.9. The monoisotopic (exact) mass is 1160 g/mol. The largest absolute Gasteiger partial charge is 0.462 e. The summed E-state index contributed by atoms with van der Waals surface area (Å²) in [4.78, 5) is 38.5. The molecule has 0 aromatic carbocycles. The summed E-state index contributed by atoms with van der Waals surface area (Å²) >= 11 is 0. The maximum absolute atomic E-state index is 13.0. The zero-order chi connectivity index (χ0) is 59.2. The first-order chi connectivity index (χ1) is 40.5. The quantitative estimate of drug-likeness (QED) is 0.0343. The first-order valence-corrected chi connectivity index (χ1v) is 38.0. The molecule has 0 rings (SSSR count). The molecule has 6 heteroatoms. The van der Waals surface area contributed by atoms with Crippen LogP contribution in [0.25, 0.3) is 0 Å². The van der Waals surface area contributed by atoms with E-state index in [-0.39, 0.29) is 31.1 Å². The molecule has 0 aromatic heterocycles. The van der Waals surface area contributed by atoms with Gasteiger partial charge in [-0.1, -0.05) is 412 Å². The summed E-state index contributed by atoms with van der Waals surface area (Å²) in [7, 11) is 0. The predicted molar refractivity (Wildman–Crippen MR) is 358 cm³/mol. The number of hydrogen-bond donors (Lipinski definition) is 0. The molecule has 82 heavy (non-hydrogen) atoms. The molecular weight excluding hydrogens is 1010 g/mol. The van der Waals surface area contributed by atoms with Crippen molar-refractivity contribution in [2.45, 2.75) is 457 Å². The lowest BCUT2D eigenvalue weighted by molar-refractivity contribution is -0.167. The van der Waals surface area contributed by atoms with Gasteiger partial charge in [-0.2, -0.15) is 0 Å². The molecule has 0 N–H and O–H groups in total. The van der Waals surface area contributed by atoms with Gasteiger partial charge in [0.2, 0.25) is 0 Å². The molecule has 0 fully saturated rings. The van der Waals surface area contributed by atoms with E-state index in [1.165, 1.54) is 353 Å². The lowest BCUT2D eigenvalue weighted by Crippen LogP contribution is -2.30. The fourth-order valence-corrected chi connectivity index (χ4v) is 12.2. The summed E-state index contributed by atoms with van der Waals surface area (Å²) in [6.45, 7) is 6.75. The molecule has 0 spiro atoms. The van der Waals surface area contributed by atoms with Crippen molar-refractivity contribution in [3.05, 3.63) is 0 Å². The highest BCUT2D eigenvalue weighted by atomic mass is 16.6. The third kappa shape index (κ3) is 69.2. The molecule has 1 unspecified atom stereocenters. The van der Waals surface area contributed by atoms with Crippen LogP contribution in [0.4, 0.5) is 0 Å². The van der Waals surface area contributed by atoms with Gasteiger partial charge in [0.15, 0.2) is 6.10 Å². The topological polar surface area (TPSA) is 78.9 Å². The minimum Gasteiger partial charge on any atom is -0.462 e. The zero-order valence-electron chi connectivity index (χ0n) is 56.3. The molecule has 0 heterocycles. The molecule has 0 aliphatic heterocycles.